The van der Waals surface area contributed by atoms with Crippen molar-refractivity contribution >= 4 is 28.0 Å². The molecule has 0 saturated heterocycles. The summed E-state index contributed by atoms with van der Waals surface area (Å²) in [4.78, 5) is 4.19. The Morgan fingerprint density at radius 3 is 2.70 bits per heavy atom. The molecule has 2 aromatic heterocycles. The van der Waals surface area contributed by atoms with Gasteiger partial charge in [0.1, 0.15) is 17.5 Å². The molecule has 0 radical (unpaired) electrons. The van der Waals surface area contributed by atoms with E-state index >= 15 is 0 Å². The average molecular weight is 505 g/mol. The summed E-state index contributed by atoms with van der Waals surface area (Å²) in [6.45, 7) is 3.88. The summed E-state index contributed by atoms with van der Waals surface area (Å²) in [7, 11) is 1.62. The van der Waals surface area contributed by atoms with E-state index in [1.165, 1.54) is 0 Å². The normalized spacial score (nSPS) is 11.2. The van der Waals surface area contributed by atoms with E-state index in [4.69, 9.17) is 14.3 Å². The zero-order valence-electron chi connectivity index (χ0n) is 18.3. The van der Waals surface area contributed by atoms with Crippen LogP contribution in [0.1, 0.15) is 36.9 Å². The maximum Gasteiger partial charge on any atom is 0.252 e. The van der Waals surface area contributed by atoms with Crippen LogP contribution in [0.3, 0.4) is 0 Å². The van der Waals surface area contributed by atoms with E-state index in [1.807, 2.05) is 74.6 Å². The second-order valence-electron chi connectivity index (χ2n) is 7.43. The first-order valence-electron chi connectivity index (χ1n) is 10.2. The topological polar surface area (TPSA) is 101 Å². The number of nitrogens with zero attached hydrogens (tertiary/aromatic N) is 5. The van der Waals surface area contributed by atoms with Gasteiger partial charge in [0.15, 0.2) is 0 Å². The lowest BCUT2D eigenvalue weighted by Gasteiger charge is -2.05. The lowest BCUT2D eigenvalue weighted by molar-refractivity contribution is 0.412. The molecule has 0 unspecified atom stereocenters. The van der Waals surface area contributed by atoms with Crippen LogP contribution in [0.15, 0.2) is 68.7 Å². The van der Waals surface area contributed by atoms with Crippen LogP contribution in [0.2, 0.25) is 0 Å². The number of methoxy groups -OCH3 is 1. The number of hydrogen-bond acceptors (Lipinski definition) is 7. The van der Waals surface area contributed by atoms with Gasteiger partial charge in [0.05, 0.1) is 23.5 Å². The lowest BCUT2D eigenvalue weighted by Crippen LogP contribution is -1.94. The van der Waals surface area contributed by atoms with E-state index in [0.717, 1.165) is 32.7 Å². The van der Waals surface area contributed by atoms with Gasteiger partial charge in [-0.15, -0.1) is 0 Å². The Balaban J connectivity index is 1.70. The Hall–Kier alpha value is -3.90. The summed E-state index contributed by atoms with van der Waals surface area (Å²) < 4.78 is 13.6. The van der Waals surface area contributed by atoms with Gasteiger partial charge in [-0.1, -0.05) is 32.0 Å². The number of benzene rings is 2. The first-order valence-corrected chi connectivity index (χ1v) is 11.0. The number of hydrazone groups is 1. The van der Waals surface area contributed by atoms with Crippen LogP contribution in [0, 0.1) is 11.3 Å². The van der Waals surface area contributed by atoms with E-state index in [0.29, 0.717) is 5.89 Å². The van der Waals surface area contributed by atoms with Crippen molar-refractivity contribution in [2.45, 2.75) is 19.8 Å². The van der Waals surface area contributed by atoms with Crippen LogP contribution in [-0.4, -0.2) is 28.1 Å². The molecule has 0 amide bonds. The molecule has 0 aliphatic heterocycles. The molecule has 4 rings (SSSR count). The SMILES string of the molecule is COc1ccc(-c2nn(-c3ccccc3)cc2/C=N/Nc2oc(C(C)C)nc2C#N)cc1Br. The summed E-state index contributed by atoms with van der Waals surface area (Å²) in [6.07, 6.45) is 3.53. The molecule has 166 valence electrons. The van der Waals surface area contributed by atoms with Crippen molar-refractivity contribution < 1.29 is 9.15 Å². The maximum absolute atomic E-state index is 9.33. The molecule has 33 heavy (non-hydrogen) atoms. The summed E-state index contributed by atoms with van der Waals surface area (Å²) in [6, 6.07) is 17.6. The van der Waals surface area contributed by atoms with E-state index in [-0.39, 0.29) is 17.5 Å². The van der Waals surface area contributed by atoms with Crippen LogP contribution in [0.25, 0.3) is 16.9 Å². The van der Waals surface area contributed by atoms with Crippen LogP contribution in [-0.2, 0) is 0 Å². The van der Waals surface area contributed by atoms with Gasteiger partial charge in [0, 0.05) is 23.2 Å². The highest BCUT2D eigenvalue weighted by atomic mass is 79.9. The smallest absolute Gasteiger partial charge is 0.252 e. The quantitative estimate of drug-likeness (QED) is 0.254. The van der Waals surface area contributed by atoms with Crippen LogP contribution in [0.5, 0.6) is 5.75 Å². The third kappa shape index (κ3) is 4.81. The summed E-state index contributed by atoms with van der Waals surface area (Å²) in [5, 5.41) is 18.4. The van der Waals surface area contributed by atoms with Gasteiger partial charge < -0.3 is 9.15 Å². The molecule has 9 heteroatoms. The summed E-state index contributed by atoms with van der Waals surface area (Å²) >= 11 is 3.54. The van der Waals surface area contributed by atoms with E-state index in [9.17, 15) is 5.26 Å². The largest absolute Gasteiger partial charge is 0.496 e. The number of halogens is 1. The highest BCUT2D eigenvalue weighted by molar-refractivity contribution is 9.10. The number of anilines is 1. The number of nitrogens with one attached hydrogen (secondary N) is 1. The van der Waals surface area contributed by atoms with Crippen molar-refractivity contribution in [2.75, 3.05) is 12.5 Å². The molecule has 2 heterocycles. The highest BCUT2D eigenvalue weighted by Crippen LogP contribution is 2.31. The minimum Gasteiger partial charge on any atom is -0.496 e. The summed E-state index contributed by atoms with van der Waals surface area (Å²) in [5.74, 6) is 1.47. The maximum atomic E-state index is 9.33. The zero-order chi connectivity index (χ0) is 23.4. The molecule has 1 N–H and O–H groups in total. The van der Waals surface area contributed by atoms with Crippen molar-refractivity contribution in [3.63, 3.8) is 0 Å². The third-order valence-corrected chi connectivity index (χ3v) is 5.42. The van der Waals surface area contributed by atoms with Gasteiger partial charge in [0.25, 0.3) is 5.88 Å². The van der Waals surface area contributed by atoms with E-state index in [2.05, 4.69) is 31.4 Å². The van der Waals surface area contributed by atoms with E-state index < -0.39 is 0 Å². The zero-order valence-corrected chi connectivity index (χ0v) is 19.9. The molecule has 0 fully saturated rings. The Morgan fingerprint density at radius 1 is 1.24 bits per heavy atom. The fraction of sp³-hybridized carbons (Fsp3) is 0.167. The number of nitriles is 1. The first-order chi connectivity index (χ1) is 16.0. The molecule has 4 aromatic rings. The van der Waals surface area contributed by atoms with Crippen molar-refractivity contribution in [1.29, 1.82) is 5.26 Å². The van der Waals surface area contributed by atoms with Gasteiger partial charge in [-0.05, 0) is 46.3 Å². The number of oxazole rings is 1. The highest BCUT2D eigenvalue weighted by Gasteiger charge is 2.16. The Kier molecular flexibility index (Phi) is 6.56. The molecule has 0 saturated carbocycles. The van der Waals surface area contributed by atoms with Gasteiger partial charge in [-0.3, -0.25) is 0 Å². The minimum absolute atomic E-state index is 0.0563. The van der Waals surface area contributed by atoms with Crippen LogP contribution < -0.4 is 10.2 Å². The van der Waals surface area contributed by atoms with Gasteiger partial charge in [-0.2, -0.15) is 15.5 Å². The standard InChI is InChI=1S/C24H21BrN6O2/c1-15(2)23-28-20(12-26)24(33-23)29-27-13-17-14-31(18-7-5-4-6-8-18)30-22(17)16-9-10-21(32-3)19(25)11-16/h4-11,13-15,29H,1-3H3/b27-13+. The average Bonchev–Trinajstić information content (AvgIpc) is 3.44. The predicted molar refractivity (Wildman–Crippen MR) is 130 cm³/mol. The number of para-hydroxylation sites is 1. The van der Waals surface area contributed by atoms with Crippen LogP contribution in [0.4, 0.5) is 5.88 Å². The third-order valence-electron chi connectivity index (χ3n) is 4.80. The number of rotatable bonds is 7. The molecule has 0 spiro atoms. The predicted octanol–water partition coefficient (Wildman–Crippen LogP) is 5.74. The Morgan fingerprint density at radius 2 is 2.03 bits per heavy atom. The molecular formula is C24H21BrN6O2. The van der Waals surface area contributed by atoms with Gasteiger partial charge in [-0.25, -0.2) is 15.1 Å². The second-order valence-corrected chi connectivity index (χ2v) is 8.28. The number of ether oxygens (including phenoxy) is 1. The molecule has 8 nitrogen and oxygen atoms in total. The summed E-state index contributed by atoms with van der Waals surface area (Å²) in [5.41, 5.74) is 6.26. The molecule has 0 aliphatic carbocycles. The molecule has 0 atom stereocenters. The number of hydrogen-bond donors (Lipinski definition) is 1. The molecular weight excluding hydrogens is 484 g/mol. The minimum atomic E-state index is 0.0563. The van der Waals surface area contributed by atoms with Crippen molar-refractivity contribution in [1.82, 2.24) is 14.8 Å². The van der Waals surface area contributed by atoms with E-state index in [1.54, 1.807) is 18.0 Å². The van der Waals surface area contributed by atoms with Crippen molar-refractivity contribution in [3.8, 4) is 28.8 Å². The monoisotopic (exact) mass is 504 g/mol. The fourth-order valence-corrected chi connectivity index (χ4v) is 3.67. The molecule has 2 aromatic carbocycles. The van der Waals surface area contributed by atoms with Gasteiger partial charge >= 0.3 is 0 Å². The Bertz CT molecular complexity index is 1330. The first kappa shape index (κ1) is 22.3. The van der Waals surface area contributed by atoms with Crippen LogP contribution >= 0.6 is 15.9 Å². The second kappa shape index (κ2) is 9.71. The van der Waals surface area contributed by atoms with Crippen molar-refractivity contribution in [3.05, 3.63) is 76.3 Å². The molecule has 0 aliphatic rings. The van der Waals surface area contributed by atoms with Gasteiger partial charge in [0.2, 0.25) is 11.6 Å². The fourth-order valence-electron chi connectivity index (χ4n) is 3.13. The van der Waals surface area contributed by atoms with Crippen molar-refractivity contribution in [2.24, 2.45) is 5.10 Å². The number of aromatic nitrogens is 3. The Labute approximate surface area is 199 Å². The molecule has 0 bridgehead atoms. The lowest BCUT2D eigenvalue weighted by atomic mass is 10.1.